The van der Waals surface area contributed by atoms with Crippen molar-refractivity contribution < 1.29 is 4.74 Å². The summed E-state index contributed by atoms with van der Waals surface area (Å²) in [5.74, 6) is 2.35. The molecular weight excluding hydrogens is 707 g/mol. The standard InChI is InChI=1S/C54H37N3O/c1-34-32-55-33-35(2)51(34)40-20-13-19-38(29-40)41-22-14-25-46-52(41)42-21-9-10-23-43(42)54(46)44-24-11-12-26-49(44)58-50-30-39(27-28-45(50)54)48-31-47(36-15-5-3-6-16-36)56-53(57-48)37-17-7-4-8-18-37/h3-33H,1-2H3. The van der Waals surface area contributed by atoms with Crippen LogP contribution >= 0.6 is 0 Å². The van der Waals surface area contributed by atoms with Gasteiger partial charge in [-0.1, -0.05) is 152 Å². The Morgan fingerprint density at radius 3 is 1.78 bits per heavy atom. The van der Waals surface area contributed by atoms with Crippen LogP contribution in [0.4, 0.5) is 0 Å². The Labute approximate surface area is 338 Å². The molecule has 11 rings (SSSR count). The number of para-hydroxylation sites is 1. The number of rotatable bonds is 5. The Morgan fingerprint density at radius 1 is 0.397 bits per heavy atom. The largest absolute Gasteiger partial charge is 0.457 e. The minimum atomic E-state index is -0.614. The van der Waals surface area contributed by atoms with Gasteiger partial charge in [0.05, 0.1) is 16.8 Å². The lowest BCUT2D eigenvalue weighted by molar-refractivity contribution is 0.436. The van der Waals surface area contributed by atoms with E-state index in [4.69, 9.17) is 14.7 Å². The Kier molecular flexibility index (Phi) is 7.80. The summed E-state index contributed by atoms with van der Waals surface area (Å²) in [6, 6.07) is 62.5. The zero-order chi connectivity index (χ0) is 38.8. The lowest BCUT2D eigenvalue weighted by Gasteiger charge is -2.39. The molecule has 0 fully saturated rings. The first kappa shape index (κ1) is 33.9. The lowest BCUT2D eigenvalue weighted by Crippen LogP contribution is -2.32. The van der Waals surface area contributed by atoms with E-state index in [1.54, 1.807) is 0 Å². The fourth-order valence-electron chi connectivity index (χ4n) is 9.42. The van der Waals surface area contributed by atoms with E-state index in [9.17, 15) is 0 Å². The molecule has 274 valence electrons. The molecule has 0 saturated carbocycles. The second-order valence-corrected chi connectivity index (χ2v) is 15.3. The predicted molar refractivity (Wildman–Crippen MR) is 234 cm³/mol. The summed E-state index contributed by atoms with van der Waals surface area (Å²) in [6.07, 6.45) is 3.91. The van der Waals surface area contributed by atoms with E-state index < -0.39 is 5.41 Å². The highest BCUT2D eigenvalue weighted by atomic mass is 16.5. The third-order valence-corrected chi connectivity index (χ3v) is 11.9. The predicted octanol–water partition coefficient (Wildman–Crippen LogP) is 13.3. The topological polar surface area (TPSA) is 47.9 Å². The number of aryl methyl sites for hydroxylation is 2. The maximum atomic E-state index is 6.94. The van der Waals surface area contributed by atoms with Crippen molar-refractivity contribution in [3.63, 3.8) is 0 Å². The Morgan fingerprint density at radius 2 is 0.983 bits per heavy atom. The van der Waals surface area contributed by atoms with Gasteiger partial charge in [-0.15, -0.1) is 0 Å². The highest BCUT2D eigenvalue weighted by Crippen LogP contribution is 2.63. The summed E-state index contributed by atoms with van der Waals surface area (Å²) in [6.45, 7) is 4.28. The van der Waals surface area contributed by atoms with Gasteiger partial charge in [0.15, 0.2) is 5.82 Å². The van der Waals surface area contributed by atoms with Gasteiger partial charge < -0.3 is 4.74 Å². The van der Waals surface area contributed by atoms with Gasteiger partial charge in [-0.25, -0.2) is 9.97 Å². The van der Waals surface area contributed by atoms with E-state index in [1.165, 1.54) is 55.6 Å². The number of hydrogen-bond acceptors (Lipinski definition) is 4. The normalized spacial score (nSPS) is 14.6. The maximum Gasteiger partial charge on any atom is 0.160 e. The van der Waals surface area contributed by atoms with Crippen molar-refractivity contribution >= 4 is 0 Å². The summed E-state index contributed by atoms with van der Waals surface area (Å²) in [5.41, 5.74) is 18.4. The van der Waals surface area contributed by atoms with Crippen LogP contribution in [0.1, 0.15) is 33.4 Å². The van der Waals surface area contributed by atoms with Gasteiger partial charge in [0.2, 0.25) is 0 Å². The van der Waals surface area contributed by atoms with Gasteiger partial charge in [0.25, 0.3) is 0 Å². The van der Waals surface area contributed by atoms with Crippen LogP contribution in [0.5, 0.6) is 11.5 Å². The molecule has 1 aliphatic heterocycles. The molecule has 1 spiro atoms. The minimum absolute atomic E-state index is 0.614. The number of aromatic nitrogens is 3. The number of pyridine rings is 1. The lowest BCUT2D eigenvalue weighted by atomic mass is 9.66. The average molecular weight is 744 g/mol. The smallest absolute Gasteiger partial charge is 0.160 e. The van der Waals surface area contributed by atoms with Crippen molar-refractivity contribution in [2.45, 2.75) is 19.3 Å². The zero-order valence-corrected chi connectivity index (χ0v) is 32.1. The fraction of sp³-hybridized carbons (Fsp3) is 0.0556. The van der Waals surface area contributed by atoms with Crippen molar-refractivity contribution in [2.75, 3.05) is 0 Å². The Bertz CT molecular complexity index is 2990. The first-order chi connectivity index (χ1) is 28.6. The van der Waals surface area contributed by atoms with Crippen LogP contribution in [0.2, 0.25) is 0 Å². The summed E-state index contributed by atoms with van der Waals surface area (Å²) in [7, 11) is 0. The second-order valence-electron chi connectivity index (χ2n) is 15.3. The van der Waals surface area contributed by atoms with Crippen LogP contribution in [-0.2, 0) is 5.41 Å². The third-order valence-electron chi connectivity index (χ3n) is 11.9. The van der Waals surface area contributed by atoms with Crippen LogP contribution in [0.15, 0.2) is 188 Å². The summed E-state index contributed by atoms with van der Waals surface area (Å²) in [5, 5.41) is 0. The minimum Gasteiger partial charge on any atom is -0.457 e. The molecule has 3 heterocycles. The highest BCUT2D eigenvalue weighted by molar-refractivity contribution is 5.97. The summed E-state index contributed by atoms with van der Waals surface area (Å²) >= 11 is 0. The molecule has 1 aliphatic carbocycles. The molecule has 2 aromatic heterocycles. The second kappa shape index (κ2) is 13.4. The van der Waals surface area contributed by atoms with Crippen LogP contribution in [-0.4, -0.2) is 15.0 Å². The van der Waals surface area contributed by atoms with E-state index >= 15 is 0 Å². The Balaban J connectivity index is 1.13. The van der Waals surface area contributed by atoms with Crippen molar-refractivity contribution in [3.05, 3.63) is 222 Å². The fourth-order valence-corrected chi connectivity index (χ4v) is 9.42. The molecule has 0 N–H and O–H groups in total. The number of fused-ring (bicyclic) bond motifs is 9. The van der Waals surface area contributed by atoms with Crippen LogP contribution in [0.3, 0.4) is 0 Å². The van der Waals surface area contributed by atoms with E-state index in [2.05, 4.69) is 158 Å². The Hall–Kier alpha value is -7.43. The molecule has 4 heteroatoms. The molecule has 0 radical (unpaired) electrons. The average Bonchev–Trinajstić information content (AvgIpc) is 3.57. The van der Waals surface area contributed by atoms with Gasteiger partial charge in [-0.3, -0.25) is 4.98 Å². The molecule has 2 aliphatic rings. The monoisotopic (exact) mass is 743 g/mol. The molecule has 7 aromatic carbocycles. The highest BCUT2D eigenvalue weighted by Gasteiger charge is 2.51. The molecule has 1 unspecified atom stereocenters. The number of hydrogen-bond donors (Lipinski definition) is 0. The van der Waals surface area contributed by atoms with Gasteiger partial charge >= 0.3 is 0 Å². The van der Waals surface area contributed by atoms with Crippen LogP contribution < -0.4 is 4.74 Å². The van der Waals surface area contributed by atoms with Crippen molar-refractivity contribution in [1.82, 2.24) is 15.0 Å². The molecule has 0 saturated heterocycles. The zero-order valence-electron chi connectivity index (χ0n) is 32.1. The van der Waals surface area contributed by atoms with E-state index in [0.29, 0.717) is 5.82 Å². The van der Waals surface area contributed by atoms with Gasteiger partial charge in [0.1, 0.15) is 11.5 Å². The van der Waals surface area contributed by atoms with Crippen LogP contribution in [0.25, 0.3) is 67.3 Å². The van der Waals surface area contributed by atoms with Crippen LogP contribution in [0, 0.1) is 13.8 Å². The molecule has 9 aromatic rings. The van der Waals surface area contributed by atoms with Crippen molar-refractivity contribution in [1.29, 1.82) is 0 Å². The number of benzene rings is 7. The van der Waals surface area contributed by atoms with Crippen molar-refractivity contribution in [2.24, 2.45) is 0 Å². The van der Waals surface area contributed by atoms with E-state index in [-0.39, 0.29) is 0 Å². The SMILES string of the molecule is Cc1cncc(C)c1-c1cccc(-c2cccc3c2-c2ccccc2C32c3ccccc3Oc3cc(-c4cc(-c5ccccc5)nc(-c5ccccc5)n4)ccc32)c1. The quantitative estimate of drug-likeness (QED) is 0.176. The summed E-state index contributed by atoms with van der Waals surface area (Å²) < 4.78 is 6.94. The van der Waals surface area contributed by atoms with E-state index in [0.717, 1.165) is 50.7 Å². The maximum absolute atomic E-state index is 6.94. The van der Waals surface area contributed by atoms with Gasteiger partial charge in [-0.2, -0.15) is 0 Å². The third kappa shape index (κ3) is 5.19. The molecular formula is C54H37N3O. The number of ether oxygens (including phenoxy) is 1. The van der Waals surface area contributed by atoms with Gasteiger partial charge in [0, 0.05) is 40.2 Å². The van der Waals surface area contributed by atoms with E-state index in [1.807, 2.05) is 48.8 Å². The molecule has 1 atom stereocenters. The number of nitrogens with zero attached hydrogens (tertiary/aromatic N) is 3. The molecule has 0 bridgehead atoms. The van der Waals surface area contributed by atoms with Crippen molar-refractivity contribution in [3.8, 4) is 78.8 Å². The first-order valence-electron chi connectivity index (χ1n) is 19.8. The van der Waals surface area contributed by atoms with Gasteiger partial charge in [-0.05, 0) is 93.7 Å². The molecule has 58 heavy (non-hydrogen) atoms. The molecule has 4 nitrogen and oxygen atoms in total. The molecule has 0 amide bonds. The summed E-state index contributed by atoms with van der Waals surface area (Å²) in [4.78, 5) is 14.7. The first-order valence-corrected chi connectivity index (χ1v) is 19.8.